The second kappa shape index (κ2) is 7.65. The van der Waals surface area contributed by atoms with Gasteiger partial charge in [-0.2, -0.15) is 0 Å². The zero-order chi connectivity index (χ0) is 16.1. The van der Waals surface area contributed by atoms with E-state index in [1.165, 1.54) is 23.1 Å². The molecule has 23 heavy (non-hydrogen) atoms. The molecule has 1 aliphatic carbocycles. The standard InChI is InChI=1S/C21H27NO/c1-2-14-22(15-13-17-7-4-3-5-8-17)19-11-12-20-18(16-19)9-6-10-21(20)23/h3-10,19,23H,2,11-16H2,1H3/i14-1. The molecule has 0 fully saturated rings. The predicted molar refractivity (Wildman–Crippen MR) is 95.9 cm³/mol. The number of hydrogen-bond donors (Lipinski definition) is 1. The summed E-state index contributed by atoms with van der Waals surface area (Å²) in [5.74, 6) is 0.479. The summed E-state index contributed by atoms with van der Waals surface area (Å²) in [6, 6.07) is 17.4. The number of phenols is 1. The Hall–Kier alpha value is -1.80. The van der Waals surface area contributed by atoms with Gasteiger partial charge in [-0.05, 0) is 61.4 Å². The zero-order valence-corrected chi connectivity index (χ0v) is 14.0. The number of rotatable bonds is 6. The van der Waals surface area contributed by atoms with Crippen LogP contribution in [0.3, 0.4) is 0 Å². The van der Waals surface area contributed by atoms with Crippen LogP contribution in [0.2, 0.25) is 0 Å². The first-order valence-corrected chi connectivity index (χ1v) is 8.85. The second-order valence-corrected chi connectivity index (χ2v) is 6.58. The van der Waals surface area contributed by atoms with Gasteiger partial charge in [0.05, 0.1) is 0 Å². The Morgan fingerprint density at radius 1 is 1.04 bits per heavy atom. The molecule has 0 radical (unpaired) electrons. The number of nitrogens with zero attached hydrogens (tertiary/aromatic N) is 1. The van der Waals surface area contributed by atoms with Crippen LogP contribution in [0.1, 0.15) is 36.5 Å². The second-order valence-electron chi connectivity index (χ2n) is 6.58. The van der Waals surface area contributed by atoms with Gasteiger partial charge in [0.2, 0.25) is 0 Å². The molecule has 0 heterocycles. The van der Waals surface area contributed by atoms with E-state index in [0.717, 1.165) is 38.8 Å². The van der Waals surface area contributed by atoms with Gasteiger partial charge in [-0.1, -0.05) is 49.4 Å². The van der Waals surface area contributed by atoms with Gasteiger partial charge in [0.25, 0.3) is 0 Å². The van der Waals surface area contributed by atoms with Crippen LogP contribution in [0.15, 0.2) is 48.5 Å². The van der Waals surface area contributed by atoms with Gasteiger partial charge in [-0.25, -0.2) is 0 Å². The van der Waals surface area contributed by atoms with E-state index in [1.54, 1.807) is 0 Å². The fourth-order valence-electron chi connectivity index (χ4n) is 3.76. The number of aromatic hydroxyl groups is 1. The van der Waals surface area contributed by atoms with E-state index in [4.69, 9.17) is 0 Å². The molecule has 0 aliphatic heterocycles. The number of benzene rings is 2. The Bertz CT molecular complexity index is 623. The summed E-state index contributed by atoms with van der Waals surface area (Å²) in [6.45, 7) is 4.54. The van der Waals surface area contributed by atoms with Crippen LogP contribution in [0, 0.1) is 0 Å². The Balaban J connectivity index is 1.67. The summed E-state index contributed by atoms with van der Waals surface area (Å²) in [5, 5.41) is 10.0. The van der Waals surface area contributed by atoms with Crippen LogP contribution in [0.4, 0.5) is 0 Å². The van der Waals surface area contributed by atoms with Gasteiger partial charge in [0.15, 0.2) is 0 Å². The van der Waals surface area contributed by atoms with E-state index in [9.17, 15) is 5.11 Å². The van der Waals surface area contributed by atoms with E-state index in [-0.39, 0.29) is 0 Å². The third kappa shape index (κ3) is 3.94. The lowest BCUT2D eigenvalue weighted by atomic mass is 9.83. The molecule has 2 nitrogen and oxygen atoms in total. The van der Waals surface area contributed by atoms with Crippen molar-refractivity contribution in [3.05, 3.63) is 65.2 Å². The Morgan fingerprint density at radius 2 is 1.87 bits per heavy atom. The smallest absolute Gasteiger partial charge is 0.119 e. The molecule has 0 bridgehead atoms. The minimum absolute atomic E-state index is 0.479. The van der Waals surface area contributed by atoms with Gasteiger partial charge in [-0.3, -0.25) is 4.90 Å². The van der Waals surface area contributed by atoms with Crippen LogP contribution in [0.25, 0.3) is 0 Å². The third-order valence-corrected chi connectivity index (χ3v) is 4.99. The van der Waals surface area contributed by atoms with Crippen LogP contribution < -0.4 is 0 Å². The van der Waals surface area contributed by atoms with Gasteiger partial charge >= 0.3 is 0 Å². The Morgan fingerprint density at radius 3 is 2.65 bits per heavy atom. The van der Waals surface area contributed by atoms with Crippen molar-refractivity contribution in [3.8, 4) is 5.75 Å². The molecule has 0 saturated heterocycles. The number of phenolic OH excluding ortho intramolecular Hbond substituents is 1. The first-order valence-electron chi connectivity index (χ1n) is 8.85. The van der Waals surface area contributed by atoms with E-state index in [1.807, 2.05) is 12.1 Å². The van der Waals surface area contributed by atoms with Crippen LogP contribution in [-0.2, 0) is 19.3 Å². The Labute approximate surface area is 139 Å². The van der Waals surface area contributed by atoms with Crippen molar-refractivity contribution in [3.63, 3.8) is 0 Å². The number of fused-ring (bicyclic) bond motifs is 1. The molecule has 1 N–H and O–H groups in total. The molecule has 1 atom stereocenters. The molecule has 2 aromatic rings. The van der Waals surface area contributed by atoms with E-state index >= 15 is 0 Å². The molecule has 3 rings (SSSR count). The van der Waals surface area contributed by atoms with Gasteiger partial charge in [-0.15, -0.1) is 0 Å². The van der Waals surface area contributed by atoms with E-state index < -0.39 is 0 Å². The largest absolute Gasteiger partial charge is 0.508 e. The molecule has 2 aromatic carbocycles. The molecular weight excluding hydrogens is 281 g/mol. The molecule has 0 aromatic heterocycles. The topological polar surface area (TPSA) is 23.5 Å². The summed E-state index contributed by atoms with van der Waals surface area (Å²) >= 11 is 0. The highest BCUT2D eigenvalue weighted by Gasteiger charge is 2.25. The van der Waals surface area contributed by atoms with Crippen molar-refractivity contribution in [2.24, 2.45) is 0 Å². The van der Waals surface area contributed by atoms with Crippen LogP contribution in [0.5, 0.6) is 5.75 Å². The monoisotopic (exact) mass is 308 g/mol. The van der Waals surface area contributed by atoms with Gasteiger partial charge in [0.1, 0.15) is 5.75 Å². The lowest BCUT2D eigenvalue weighted by Gasteiger charge is -2.35. The van der Waals surface area contributed by atoms with E-state index in [2.05, 4.69) is 48.2 Å². The molecule has 0 spiro atoms. The Kier molecular flexibility index (Phi) is 5.35. The fraction of sp³-hybridized carbons (Fsp3) is 0.429. The predicted octanol–water partition coefficient (Wildman–Crippen LogP) is 4.20. The van der Waals surface area contributed by atoms with Crippen molar-refractivity contribution >= 4 is 0 Å². The molecule has 122 valence electrons. The number of hydrogen-bond acceptors (Lipinski definition) is 2. The molecular formula is C21H27NO. The first kappa shape index (κ1) is 16.1. The lowest BCUT2D eigenvalue weighted by Crippen LogP contribution is -2.41. The first-order chi connectivity index (χ1) is 11.3. The van der Waals surface area contributed by atoms with Crippen molar-refractivity contribution < 1.29 is 5.11 Å². The third-order valence-electron chi connectivity index (χ3n) is 4.99. The summed E-state index contributed by atoms with van der Waals surface area (Å²) in [7, 11) is 0. The highest BCUT2D eigenvalue weighted by molar-refractivity contribution is 5.41. The van der Waals surface area contributed by atoms with Crippen molar-refractivity contribution in [2.75, 3.05) is 13.1 Å². The minimum atomic E-state index is 0.479. The highest BCUT2D eigenvalue weighted by Crippen LogP contribution is 2.30. The molecule has 0 amide bonds. The maximum absolute atomic E-state index is 10.0. The zero-order valence-electron chi connectivity index (χ0n) is 14.0. The van der Waals surface area contributed by atoms with Gasteiger partial charge < -0.3 is 5.11 Å². The molecule has 0 saturated carbocycles. The molecule has 2 heteroatoms. The average Bonchev–Trinajstić information content (AvgIpc) is 2.59. The summed E-state index contributed by atoms with van der Waals surface area (Å²) in [4.78, 5) is 2.65. The summed E-state index contributed by atoms with van der Waals surface area (Å²) < 4.78 is 0. The van der Waals surface area contributed by atoms with Crippen molar-refractivity contribution in [2.45, 2.75) is 45.1 Å². The average molecular weight is 308 g/mol. The highest BCUT2D eigenvalue weighted by atomic mass is 16.3. The molecule has 1 aliphatic rings. The van der Waals surface area contributed by atoms with E-state index in [0.29, 0.717) is 11.8 Å². The quantitative estimate of drug-likeness (QED) is 0.864. The van der Waals surface area contributed by atoms with Gasteiger partial charge in [0, 0.05) is 12.6 Å². The maximum Gasteiger partial charge on any atom is 0.119 e. The lowest BCUT2D eigenvalue weighted by molar-refractivity contribution is 0.181. The minimum Gasteiger partial charge on any atom is -0.508 e. The summed E-state index contributed by atoms with van der Waals surface area (Å²) in [5.41, 5.74) is 3.92. The molecule has 1 unspecified atom stereocenters. The maximum atomic E-state index is 10.0. The van der Waals surface area contributed by atoms with Crippen molar-refractivity contribution in [1.82, 2.24) is 4.90 Å². The fourth-order valence-corrected chi connectivity index (χ4v) is 3.76. The normalized spacial score (nSPS) is 17.2. The van der Waals surface area contributed by atoms with Crippen LogP contribution in [-0.4, -0.2) is 29.1 Å². The summed E-state index contributed by atoms with van der Waals surface area (Å²) in [6.07, 6.45) is 5.53. The van der Waals surface area contributed by atoms with Crippen LogP contribution >= 0.6 is 0 Å². The van der Waals surface area contributed by atoms with Crippen molar-refractivity contribution in [1.29, 1.82) is 0 Å². The SMILES string of the molecule is CC[11CH2]N(CCc1ccccc1)C1CCc2c(O)cccc2C1.